The molecule has 11 aromatic rings. The summed E-state index contributed by atoms with van der Waals surface area (Å²) in [5, 5.41) is 1.91. The van der Waals surface area contributed by atoms with Crippen molar-refractivity contribution in [3.8, 4) is 67.5 Å². The number of hydrogen-bond acceptors (Lipinski definition) is 6. The van der Waals surface area contributed by atoms with Crippen LogP contribution in [0, 0.1) is 0 Å². The summed E-state index contributed by atoms with van der Waals surface area (Å²) < 4.78 is 12.8. The van der Waals surface area contributed by atoms with Gasteiger partial charge in [0, 0.05) is 33.0 Å². The van der Waals surface area contributed by atoms with E-state index in [-0.39, 0.29) is 0 Å². The Hall–Kier alpha value is -7.70. The lowest BCUT2D eigenvalue weighted by molar-refractivity contribution is 0.667. The lowest BCUT2D eigenvalue weighted by Gasteiger charge is -2.13. The van der Waals surface area contributed by atoms with Crippen LogP contribution in [-0.4, -0.2) is 19.9 Å². The summed E-state index contributed by atoms with van der Waals surface area (Å²) in [7, 11) is 0. The number of nitrogens with zero attached hydrogens (tertiary/aromatic N) is 4. The van der Waals surface area contributed by atoms with Gasteiger partial charge in [0.25, 0.3) is 0 Å². The number of rotatable bonds is 6. The van der Waals surface area contributed by atoms with E-state index in [1.54, 1.807) is 0 Å². The Labute approximate surface area is 321 Å². The summed E-state index contributed by atoms with van der Waals surface area (Å²) in [4.78, 5) is 20.7. The van der Waals surface area contributed by atoms with E-state index in [0.717, 1.165) is 88.9 Å². The molecule has 56 heavy (non-hydrogen) atoms. The second kappa shape index (κ2) is 13.0. The van der Waals surface area contributed by atoms with Gasteiger partial charge in [0.2, 0.25) is 0 Å². The monoisotopic (exact) mass is 718 g/mol. The summed E-state index contributed by atoms with van der Waals surface area (Å²) in [5.41, 5.74) is 13.9. The van der Waals surface area contributed by atoms with Crippen molar-refractivity contribution in [1.82, 2.24) is 19.9 Å². The average Bonchev–Trinajstić information content (AvgIpc) is 3.85. The fraction of sp³-hybridized carbons (Fsp3) is 0. The molecule has 0 aliphatic rings. The number of furan rings is 2. The van der Waals surface area contributed by atoms with Crippen LogP contribution < -0.4 is 0 Å². The van der Waals surface area contributed by atoms with Crippen molar-refractivity contribution in [2.45, 2.75) is 0 Å². The third-order valence-corrected chi connectivity index (χ3v) is 10.3. The SMILES string of the molecule is c1ccc(-c2cc(-c3cccc(-c4nc(-c5ccccc5)c5oc6ccccc6c5n4)c3)cc(-c3nc(-c4ccccc4)c4oc5ccccc5c4n3)c2)cc1. The zero-order chi connectivity index (χ0) is 37.0. The molecule has 0 aliphatic carbocycles. The van der Waals surface area contributed by atoms with E-state index in [2.05, 4.69) is 103 Å². The van der Waals surface area contributed by atoms with Gasteiger partial charge in [0.05, 0.1) is 0 Å². The maximum atomic E-state index is 6.41. The van der Waals surface area contributed by atoms with Crippen LogP contribution in [0.15, 0.2) is 191 Å². The minimum absolute atomic E-state index is 0.617. The Kier molecular flexibility index (Phi) is 7.38. The second-order valence-electron chi connectivity index (χ2n) is 13.8. The molecule has 0 amide bonds. The van der Waals surface area contributed by atoms with E-state index in [0.29, 0.717) is 22.8 Å². The average molecular weight is 719 g/mol. The molecular formula is C50H30N4O2. The third-order valence-electron chi connectivity index (χ3n) is 10.3. The largest absolute Gasteiger partial charge is 0.452 e. The summed E-state index contributed by atoms with van der Waals surface area (Å²) >= 11 is 0. The Morgan fingerprint density at radius 1 is 0.286 bits per heavy atom. The van der Waals surface area contributed by atoms with Crippen LogP contribution in [0.4, 0.5) is 0 Å². The molecule has 0 saturated carbocycles. The van der Waals surface area contributed by atoms with Gasteiger partial charge in [-0.3, -0.25) is 0 Å². The molecule has 262 valence electrons. The first-order chi connectivity index (χ1) is 27.7. The van der Waals surface area contributed by atoms with Crippen LogP contribution in [0.2, 0.25) is 0 Å². The Morgan fingerprint density at radius 2 is 0.679 bits per heavy atom. The number of benzene rings is 7. The molecule has 0 fully saturated rings. The van der Waals surface area contributed by atoms with Crippen molar-refractivity contribution in [2.75, 3.05) is 0 Å². The quantitative estimate of drug-likeness (QED) is 0.170. The van der Waals surface area contributed by atoms with Gasteiger partial charge in [-0.2, -0.15) is 0 Å². The fourth-order valence-electron chi connectivity index (χ4n) is 7.58. The molecule has 0 aliphatic heterocycles. The van der Waals surface area contributed by atoms with E-state index < -0.39 is 0 Å². The minimum Gasteiger partial charge on any atom is -0.452 e. The van der Waals surface area contributed by atoms with Crippen molar-refractivity contribution in [1.29, 1.82) is 0 Å². The molecule has 0 radical (unpaired) electrons. The zero-order valence-electron chi connectivity index (χ0n) is 29.9. The predicted molar refractivity (Wildman–Crippen MR) is 225 cm³/mol. The van der Waals surface area contributed by atoms with Crippen molar-refractivity contribution in [2.24, 2.45) is 0 Å². The van der Waals surface area contributed by atoms with Crippen LogP contribution >= 0.6 is 0 Å². The van der Waals surface area contributed by atoms with Gasteiger partial charge in [0.1, 0.15) is 33.6 Å². The van der Waals surface area contributed by atoms with Crippen LogP contribution in [-0.2, 0) is 0 Å². The first-order valence-corrected chi connectivity index (χ1v) is 18.5. The zero-order valence-corrected chi connectivity index (χ0v) is 29.9. The molecule has 0 saturated heterocycles. The van der Waals surface area contributed by atoms with Crippen molar-refractivity contribution in [3.05, 3.63) is 182 Å². The molecule has 0 spiro atoms. The molecule has 6 heteroatoms. The van der Waals surface area contributed by atoms with Crippen LogP contribution in [0.1, 0.15) is 0 Å². The lowest BCUT2D eigenvalue weighted by Crippen LogP contribution is -1.96. The molecule has 6 nitrogen and oxygen atoms in total. The molecule has 11 rings (SSSR count). The molecule has 0 bridgehead atoms. The van der Waals surface area contributed by atoms with Gasteiger partial charge in [0.15, 0.2) is 22.8 Å². The topological polar surface area (TPSA) is 77.8 Å². The lowest BCUT2D eigenvalue weighted by atomic mass is 9.94. The standard InChI is InChI=1S/C50H30N4O2/c1-4-15-31(16-5-1)36-28-37(30-38(29-36)50-52-44(33-19-8-3-9-20-33)48-46(54-50)40-24-11-13-26-42(40)56-48)34-21-14-22-35(27-34)49-51-43(32-17-6-2-7-18-32)47-45(53-49)39-23-10-12-25-41(39)55-47/h1-30H. The van der Waals surface area contributed by atoms with Crippen LogP contribution in [0.5, 0.6) is 0 Å². The Morgan fingerprint density at radius 3 is 1.23 bits per heavy atom. The smallest absolute Gasteiger partial charge is 0.180 e. The van der Waals surface area contributed by atoms with Gasteiger partial charge in [-0.25, -0.2) is 19.9 Å². The molecule has 0 atom stereocenters. The van der Waals surface area contributed by atoms with Gasteiger partial charge in [-0.05, 0) is 70.8 Å². The van der Waals surface area contributed by atoms with Crippen LogP contribution in [0.25, 0.3) is 112 Å². The second-order valence-corrected chi connectivity index (χ2v) is 13.8. The van der Waals surface area contributed by atoms with E-state index >= 15 is 0 Å². The maximum Gasteiger partial charge on any atom is 0.180 e. The fourth-order valence-corrected chi connectivity index (χ4v) is 7.58. The van der Waals surface area contributed by atoms with Gasteiger partial charge >= 0.3 is 0 Å². The first-order valence-electron chi connectivity index (χ1n) is 18.5. The third kappa shape index (κ3) is 5.43. The summed E-state index contributed by atoms with van der Waals surface area (Å²) in [5.74, 6) is 1.24. The summed E-state index contributed by atoms with van der Waals surface area (Å²) in [6.45, 7) is 0. The highest BCUT2D eigenvalue weighted by molar-refractivity contribution is 6.08. The van der Waals surface area contributed by atoms with Crippen molar-refractivity contribution >= 4 is 44.1 Å². The van der Waals surface area contributed by atoms with E-state index in [9.17, 15) is 0 Å². The molecule has 4 heterocycles. The van der Waals surface area contributed by atoms with Crippen molar-refractivity contribution in [3.63, 3.8) is 0 Å². The number of aromatic nitrogens is 4. The first kappa shape index (κ1) is 31.8. The Balaban J connectivity index is 1.11. The molecule has 0 unspecified atom stereocenters. The van der Waals surface area contributed by atoms with E-state index in [1.807, 2.05) is 78.9 Å². The van der Waals surface area contributed by atoms with Gasteiger partial charge in [-0.15, -0.1) is 0 Å². The van der Waals surface area contributed by atoms with E-state index in [1.165, 1.54) is 0 Å². The molecule has 7 aromatic carbocycles. The highest BCUT2D eigenvalue weighted by Crippen LogP contribution is 2.39. The summed E-state index contributed by atoms with van der Waals surface area (Å²) in [6.07, 6.45) is 0. The number of para-hydroxylation sites is 2. The predicted octanol–water partition coefficient (Wildman–Crippen LogP) is 13.1. The molecular weight excluding hydrogens is 689 g/mol. The minimum atomic E-state index is 0.617. The maximum absolute atomic E-state index is 6.41. The van der Waals surface area contributed by atoms with Gasteiger partial charge in [-0.1, -0.05) is 133 Å². The highest BCUT2D eigenvalue weighted by Gasteiger charge is 2.21. The van der Waals surface area contributed by atoms with Crippen molar-refractivity contribution < 1.29 is 8.83 Å². The molecule has 0 N–H and O–H groups in total. The number of hydrogen-bond donors (Lipinski definition) is 0. The number of fused-ring (bicyclic) bond motifs is 6. The van der Waals surface area contributed by atoms with E-state index in [4.69, 9.17) is 28.8 Å². The van der Waals surface area contributed by atoms with Gasteiger partial charge < -0.3 is 8.83 Å². The summed E-state index contributed by atoms with van der Waals surface area (Å²) in [6, 6.07) is 61.8. The normalized spacial score (nSPS) is 11.6. The Bertz CT molecular complexity index is 3240. The molecule has 4 aromatic heterocycles. The van der Waals surface area contributed by atoms with Crippen LogP contribution in [0.3, 0.4) is 0 Å². The highest BCUT2D eigenvalue weighted by atomic mass is 16.3.